The van der Waals surface area contributed by atoms with E-state index in [2.05, 4.69) is 31.3 Å². The van der Waals surface area contributed by atoms with Crippen LogP contribution < -0.4 is 5.32 Å². The van der Waals surface area contributed by atoms with Crippen molar-refractivity contribution in [3.63, 3.8) is 0 Å². The summed E-state index contributed by atoms with van der Waals surface area (Å²) in [5.41, 5.74) is 1.87. The predicted octanol–water partition coefficient (Wildman–Crippen LogP) is 4.96. The van der Waals surface area contributed by atoms with Crippen molar-refractivity contribution in [3.05, 3.63) is 41.1 Å². The summed E-state index contributed by atoms with van der Waals surface area (Å²) in [4.78, 5) is 27.6. The van der Waals surface area contributed by atoms with Gasteiger partial charge in [0.15, 0.2) is 0 Å². The van der Waals surface area contributed by atoms with Gasteiger partial charge in [-0.15, -0.1) is 0 Å². The van der Waals surface area contributed by atoms with Crippen molar-refractivity contribution in [1.29, 1.82) is 0 Å². The standard InChI is InChI=1S/C23H36N2O2/c1-15(2)19-12-10-18(11-13-19)14-20(24-22(27)23(7,8)9)21(26)25(16(3)4)17(5)6/h10-17H,1-9H3,(H,24,27)/b20-14+. The average molecular weight is 373 g/mol. The molecule has 1 aromatic carbocycles. The summed E-state index contributed by atoms with van der Waals surface area (Å²) in [6.07, 6.45) is 1.77. The molecule has 0 atom stereocenters. The largest absolute Gasteiger partial charge is 0.333 e. The Hall–Kier alpha value is -2.10. The highest BCUT2D eigenvalue weighted by atomic mass is 16.2. The zero-order valence-electron chi connectivity index (χ0n) is 18.4. The minimum absolute atomic E-state index is 0.0377. The SMILES string of the molecule is CC(C)c1ccc(/C=C(/NC(=O)C(C)(C)C)C(=O)N(C(C)C)C(C)C)cc1. The van der Waals surface area contributed by atoms with Gasteiger partial charge in [0.05, 0.1) is 0 Å². The first kappa shape index (κ1) is 22.9. The predicted molar refractivity (Wildman–Crippen MR) is 113 cm³/mol. The monoisotopic (exact) mass is 372 g/mol. The van der Waals surface area contributed by atoms with Gasteiger partial charge in [-0.05, 0) is 50.8 Å². The molecular formula is C23H36N2O2. The highest BCUT2D eigenvalue weighted by molar-refractivity contribution is 6.02. The third-order valence-electron chi connectivity index (χ3n) is 4.42. The molecule has 0 unspecified atom stereocenters. The zero-order valence-corrected chi connectivity index (χ0v) is 18.4. The van der Waals surface area contributed by atoms with Crippen molar-refractivity contribution < 1.29 is 9.59 Å². The summed E-state index contributed by atoms with van der Waals surface area (Å²) in [5, 5.41) is 2.86. The van der Waals surface area contributed by atoms with Crippen LogP contribution in [0, 0.1) is 5.41 Å². The lowest BCUT2D eigenvalue weighted by Gasteiger charge is -2.32. The Morgan fingerprint density at radius 3 is 1.78 bits per heavy atom. The van der Waals surface area contributed by atoms with Crippen LogP contribution in [0.1, 0.15) is 79.4 Å². The molecule has 4 nitrogen and oxygen atoms in total. The van der Waals surface area contributed by atoms with Crippen molar-refractivity contribution in [3.8, 4) is 0 Å². The Balaban J connectivity index is 3.32. The molecule has 0 aromatic heterocycles. The topological polar surface area (TPSA) is 49.4 Å². The first-order valence-electron chi connectivity index (χ1n) is 9.80. The maximum atomic E-state index is 13.2. The fourth-order valence-electron chi connectivity index (χ4n) is 2.81. The maximum absolute atomic E-state index is 13.2. The van der Waals surface area contributed by atoms with Gasteiger partial charge < -0.3 is 10.2 Å². The first-order chi connectivity index (χ1) is 12.3. The van der Waals surface area contributed by atoms with Gasteiger partial charge in [0.2, 0.25) is 5.91 Å². The quantitative estimate of drug-likeness (QED) is 0.718. The molecule has 1 N–H and O–H groups in total. The normalized spacial score (nSPS) is 12.7. The minimum Gasteiger partial charge on any atom is -0.333 e. The van der Waals surface area contributed by atoms with Gasteiger partial charge in [0.1, 0.15) is 5.70 Å². The second kappa shape index (κ2) is 9.20. The van der Waals surface area contributed by atoms with Crippen LogP contribution in [-0.2, 0) is 9.59 Å². The summed E-state index contributed by atoms with van der Waals surface area (Å²) in [6, 6.07) is 8.17. The molecule has 150 valence electrons. The van der Waals surface area contributed by atoms with E-state index in [1.165, 1.54) is 5.56 Å². The molecule has 0 fully saturated rings. The van der Waals surface area contributed by atoms with Crippen LogP contribution >= 0.6 is 0 Å². The summed E-state index contributed by atoms with van der Waals surface area (Å²) >= 11 is 0. The minimum atomic E-state index is -0.582. The number of benzene rings is 1. The summed E-state index contributed by atoms with van der Waals surface area (Å²) < 4.78 is 0. The van der Waals surface area contributed by atoms with E-state index in [0.29, 0.717) is 11.6 Å². The Kier molecular flexibility index (Phi) is 7.82. The third-order valence-corrected chi connectivity index (χ3v) is 4.42. The third kappa shape index (κ3) is 6.53. The van der Waals surface area contributed by atoms with Crippen LogP contribution in [0.5, 0.6) is 0 Å². The average Bonchev–Trinajstić information content (AvgIpc) is 2.52. The van der Waals surface area contributed by atoms with E-state index in [-0.39, 0.29) is 23.9 Å². The summed E-state index contributed by atoms with van der Waals surface area (Å²) in [6.45, 7) is 17.7. The molecule has 27 heavy (non-hydrogen) atoms. The molecule has 0 heterocycles. The fraction of sp³-hybridized carbons (Fsp3) is 0.565. The smallest absolute Gasteiger partial charge is 0.270 e. The lowest BCUT2D eigenvalue weighted by atomic mass is 9.95. The highest BCUT2D eigenvalue weighted by Gasteiger charge is 2.28. The van der Waals surface area contributed by atoms with Crippen molar-refractivity contribution in [2.75, 3.05) is 0 Å². The second-order valence-corrected chi connectivity index (χ2v) is 8.98. The molecule has 0 saturated carbocycles. The van der Waals surface area contributed by atoms with Gasteiger partial charge >= 0.3 is 0 Å². The molecule has 1 aromatic rings. The molecule has 4 heteroatoms. The number of hydrogen-bond donors (Lipinski definition) is 1. The van der Waals surface area contributed by atoms with Gasteiger partial charge in [0, 0.05) is 17.5 Å². The lowest BCUT2D eigenvalue weighted by molar-refractivity contribution is -0.134. The van der Waals surface area contributed by atoms with E-state index in [0.717, 1.165) is 5.56 Å². The van der Waals surface area contributed by atoms with Crippen molar-refractivity contribution in [1.82, 2.24) is 10.2 Å². The number of nitrogens with one attached hydrogen (secondary N) is 1. The van der Waals surface area contributed by atoms with E-state index in [9.17, 15) is 9.59 Å². The Labute approximate surface area is 165 Å². The number of nitrogens with zero attached hydrogens (tertiary/aromatic N) is 1. The lowest BCUT2D eigenvalue weighted by Crippen LogP contribution is -2.47. The molecule has 0 aliphatic rings. The van der Waals surface area contributed by atoms with E-state index < -0.39 is 5.41 Å². The fourth-order valence-corrected chi connectivity index (χ4v) is 2.81. The second-order valence-electron chi connectivity index (χ2n) is 8.98. The highest BCUT2D eigenvalue weighted by Crippen LogP contribution is 2.19. The zero-order chi connectivity index (χ0) is 20.9. The molecular weight excluding hydrogens is 336 g/mol. The molecule has 0 radical (unpaired) electrons. The first-order valence-corrected chi connectivity index (χ1v) is 9.80. The van der Waals surface area contributed by atoms with E-state index in [4.69, 9.17) is 0 Å². The molecule has 1 rings (SSSR count). The van der Waals surface area contributed by atoms with Gasteiger partial charge in [0.25, 0.3) is 5.91 Å². The maximum Gasteiger partial charge on any atom is 0.270 e. The van der Waals surface area contributed by atoms with Crippen LogP contribution in [0.3, 0.4) is 0 Å². The van der Waals surface area contributed by atoms with Crippen LogP contribution in [0.15, 0.2) is 30.0 Å². The Morgan fingerprint density at radius 2 is 1.41 bits per heavy atom. The number of rotatable bonds is 6. The van der Waals surface area contributed by atoms with Crippen molar-refractivity contribution in [2.24, 2.45) is 5.41 Å². The van der Waals surface area contributed by atoms with Crippen molar-refractivity contribution in [2.45, 2.75) is 80.3 Å². The van der Waals surface area contributed by atoms with Crippen LogP contribution in [0.25, 0.3) is 6.08 Å². The number of carbonyl (C=O) groups is 2. The van der Waals surface area contributed by atoms with Gasteiger partial charge in [-0.2, -0.15) is 0 Å². The van der Waals surface area contributed by atoms with Gasteiger partial charge in [-0.1, -0.05) is 58.9 Å². The van der Waals surface area contributed by atoms with Gasteiger partial charge in [-0.3, -0.25) is 9.59 Å². The van der Waals surface area contributed by atoms with E-state index in [1.54, 1.807) is 11.0 Å². The number of carbonyl (C=O) groups excluding carboxylic acids is 2. The summed E-state index contributed by atoms with van der Waals surface area (Å²) in [5.74, 6) is 0.112. The van der Waals surface area contributed by atoms with E-state index >= 15 is 0 Å². The number of hydrogen-bond acceptors (Lipinski definition) is 2. The van der Waals surface area contributed by atoms with Crippen LogP contribution in [0.4, 0.5) is 0 Å². The molecule has 0 saturated heterocycles. The van der Waals surface area contributed by atoms with Gasteiger partial charge in [-0.25, -0.2) is 0 Å². The summed E-state index contributed by atoms with van der Waals surface area (Å²) in [7, 11) is 0. The van der Waals surface area contributed by atoms with Crippen LogP contribution in [0.2, 0.25) is 0 Å². The molecule has 0 aliphatic heterocycles. The van der Waals surface area contributed by atoms with E-state index in [1.807, 2.05) is 60.6 Å². The molecule has 0 spiro atoms. The molecule has 0 aliphatic carbocycles. The molecule has 0 bridgehead atoms. The Bertz CT molecular complexity index is 669. The van der Waals surface area contributed by atoms with Crippen molar-refractivity contribution >= 4 is 17.9 Å². The Morgan fingerprint density at radius 1 is 0.926 bits per heavy atom. The number of amides is 2. The van der Waals surface area contributed by atoms with Crippen LogP contribution in [-0.4, -0.2) is 28.8 Å². The molecule has 2 amide bonds.